The van der Waals surface area contributed by atoms with Crippen molar-refractivity contribution in [2.45, 2.75) is 58.6 Å². The van der Waals surface area contributed by atoms with Crippen molar-refractivity contribution in [1.82, 2.24) is 15.1 Å². The first-order valence-electron chi connectivity index (χ1n) is 11.0. The van der Waals surface area contributed by atoms with Crippen LogP contribution in [0.2, 0.25) is 0 Å². The van der Waals surface area contributed by atoms with Crippen LogP contribution >= 0.6 is 0 Å². The first kappa shape index (κ1) is 18.9. The topological polar surface area (TPSA) is 56.2 Å². The molecular formula is C24H31N3O2. The lowest BCUT2D eigenvalue weighted by atomic mass is 9.59. The van der Waals surface area contributed by atoms with Gasteiger partial charge >= 0.3 is 0 Å². The van der Waals surface area contributed by atoms with Gasteiger partial charge in [-0.05, 0) is 65.7 Å². The number of hydrogen-bond acceptors (Lipinski definition) is 3. The van der Waals surface area contributed by atoms with Gasteiger partial charge < -0.3 is 10.1 Å². The van der Waals surface area contributed by atoms with E-state index in [1.807, 2.05) is 23.9 Å². The summed E-state index contributed by atoms with van der Waals surface area (Å²) in [5.41, 5.74) is 2.61. The maximum atomic E-state index is 12.4. The van der Waals surface area contributed by atoms with Crippen LogP contribution in [0.1, 0.15) is 58.1 Å². The van der Waals surface area contributed by atoms with Gasteiger partial charge in [0.2, 0.25) is 5.91 Å². The molecule has 1 aliphatic heterocycles. The Hall–Kier alpha value is -2.14. The highest BCUT2D eigenvalue weighted by molar-refractivity contribution is 5.76. The molecule has 5 rings (SSSR count). The van der Waals surface area contributed by atoms with Gasteiger partial charge in [-0.3, -0.25) is 4.79 Å². The second-order valence-electron chi connectivity index (χ2n) is 9.74. The number of benzene rings is 1. The second-order valence-corrected chi connectivity index (χ2v) is 9.74. The van der Waals surface area contributed by atoms with Crippen molar-refractivity contribution in [2.24, 2.45) is 22.7 Å². The molecule has 29 heavy (non-hydrogen) atoms. The summed E-state index contributed by atoms with van der Waals surface area (Å²) in [5.74, 6) is 1.28. The van der Waals surface area contributed by atoms with Crippen LogP contribution in [0, 0.1) is 22.7 Å². The van der Waals surface area contributed by atoms with E-state index in [1.54, 1.807) is 6.20 Å². The molecule has 0 radical (unpaired) electrons. The van der Waals surface area contributed by atoms with Crippen molar-refractivity contribution >= 4 is 5.91 Å². The number of fused-ring (bicyclic) bond motifs is 1. The number of carbonyl (C=O) groups is 1. The predicted molar refractivity (Wildman–Crippen MR) is 112 cm³/mol. The van der Waals surface area contributed by atoms with E-state index in [2.05, 4.69) is 48.5 Å². The number of amides is 1. The first-order chi connectivity index (χ1) is 14.0. The number of aromatic nitrogens is 2. The Labute approximate surface area is 172 Å². The van der Waals surface area contributed by atoms with Crippen molar-refractivity contribution in [3.05, 3.63) is 48.3 Å². The summed E-state index contributed by atoms with van der Waals surface area (Å²) in [6, 6.07) is 10.8. The summed E-state index contributed by atoms with van der Waals surface area (Å²) in [6.45, 7) is 7.42. The van der Waals surface area contributed by atoms with E-state index in [0.717, 1.165) is 18.7 Å². The van der Waals surface area contributed by atoms with Crippen molar-refractivity contribution in [3.63, 3.8) is 0 Å². The van der Waals surface area contributed by atoms with Crippen molar-refractivity contribution < 1.29 is 9.53 Å². The summed E-state index contributed by atoms with van der Waals surface area (Å²) in [7, 11) is 0. The van der Waals surface area contributed by atoms with Crippen LogP contribution in [0.3, 0.4) is 0 Å². The minimum atomic E-state index is 0.109. The fourth-order valence-electron chi connectivity index (χ4n) is 6.62. The van der Waals surface area contributed by atoms with E-state index < -0.39 is 0 Å². The molecule has 2 heterocycles. The van der Waals surface area contributed by atoms with Gasteiger partial charge in [0.1, 0.15) is 0 Å². The van der Waals surface area contributed by atoms with E-state index >= 15 is 0 Å². The minimum Gasteiger partial charge on any atom is -0.373 e. The third-order valence-electron chi connectivity index (χ3n) is 8.12. The molecular weight excluding hydrogens is 362 g/mol. The fourth-order valence-corrected chi connectivity index (χ4v) is 6.62. The zero-order valence-corrected chi connectivity index (χ0v) is 17.6. The van der Waals surface area contributed by atoms with E-state index in [4.69, 9.17) is 4.74 Å². The molecule has 1 aromatic heterocycles. The monoisotopic (exact) mass is 393 g/mol. The number of nitrogens with one attached hydrogen (secondary N) is 1. The second kappa shape index (κ2) is 6.69. The number of nitrogens with zero attached hydrogens (tertiary/aromatic N) is 2. The molecule has 1 saturated heterocycles. The van der Waals surface area contributed by atoms with E-state index in [-0.39, 0.29) is 28.9 Å². The number of hydrogen-bond donors (Lipinski definition) is 1. The quantitative estimate of drug-likeness (QED) is 0.843. The maximum absolute atomic E-state index is 12.4. The molecule has 2 aliphatic carbocycles. The van der Waals surface area contributed by atoms with Gasteiger partial charge in [-0.25, -0.2) is 4.68 Å². The average Bonchev–Trinajstić information content (AvgIpc) is 3.43. The van der Waals surface area contributed by atoms with Crippen LogP contribution in [-0.2, 0) is 9.53 Å². The SMILES string of the molecule is CCC(=O)N[C@@H]1C(C)(C)[C@@H]2C[C@@H]3[C@@H](c4ccc(-n5cccn5)cc4)OCC[C@@]31C2. The Morgan fingerprint density at radius 2 is 2.10 bits per heavy atom. The molecule has 1 amide bonds. The van der Waals surface area contributed by atoms with Crippen LogP contribution in [0.5, 0.6) is 0 Å². The van der Waals surface area contributed by atoms with Gasteiger partial charge in [-0.15, -0.1) is 0 Å². The Balaban J connectivity index is 1.45. The van der Waals surface area contributed by atoms with Crippen LogP contribution in [0.15, 0.2) is 42.7 Å². The van der Waals surface area contributed by atoms with E-state index in [1.165, 1.54) is 18.4 Å². The summed E-state index contributed by atoms with van der Waals surface area (Å²) < 4.78 is 8.25. The van der Waals surface area contributed by atoms with Crippen LogP contribution in [0.4, 0.5) is 0 Å². The Kier molecular flexibility index (Phi) is 4.35. The molecule has 3 fully saturated rings. The average molecular weight is 394 g/mol. The van der Waals surface area contributed by atoms with Gasteiger partial charge in [0.05, 0.1) is 11.8 Å². The van der Waals surface area contributed by atoms with Crippen LogP contribution < -0.4 is 5.32 Å². The Bertz CT molecular complexity index is 889. The van der Waals surface area contributed by atoms with Gasteiger partial charge in [0.15, 0.2) is 0 Å². The lowest BCUT2D eigenvalue weighted by Crippen LogP contribution is -2.58. The highest BCUT2D eigenvalue weighted by atomic mass is 16.5. The van der Waals surface area contributed by atoms with Crippen LogP contribution in [-0.4, -0.2) is 28.3 Å². The van der Waals surface area contributed by atoms with Crippen molar-refractivity contribution in [1.29, 1.82) is 0 Å². The van der Waals surface area contributed by atoms with Gasteiger partial charge in [0, 0.05) is 31.5 Å². The molecule has 3 aliphatic rings. The Morgan fingerprint density at radius 3 is 2.79 bits per heavy atom. The number of carbonyl (C=O) groups excluding carboxylic acids is 1. The summed E-state index contributed by atoms with van der Waals surface area (Å²) >= 11 is 0. The lowest BCUT2D eigenvalue weighted by molar-refractivity contribution is -0.137. The summed E-state index contributed by atoms with van der Waals surface area (Å²) in [5, 5.41) is 7.75. The fraction of sp³-hybridized carbons (Fsp3) is 0.583. The van der Waals surface area contributed by atoms with Crippen molar-refractivity contribution in [2.75, 3.05) is 6.61 Å². The molecule has 1 N–H and O–H groups in total. The lowest BCUT2D eigenvalue weighted by Gasteiger charge is -2.53. The summed E-state index contributed by atoms with van der Waals surface area (Å²) in [4.78, 5) is 12.4. The summed E-state index contributed by atoms with van der Waals surface area (Å²) in [6.07, 6.45) is 7.87. The number of rotatable bonds is 4. The van der Waals surface area contributed by atoms with Crippen molar-refractivity contribution in [3.8, 4) is 5.69 Å². The van der Waals surface area contributed by atoms with Crippen LogP contribution in [0.25, 0.3) is 5.69 Å². The highest BCUT2D eigenvalue weighted by Crippen LogP contribution is 2.70. The zero-order valence-electron chi connectivity index (χ0n) is 17.6. The molecule has 5 heteroatoms. The molecule has 0 unspecified atom stereocenters. The molecule has 154 valence electrons. The predicted octanol–water partition coefficient (Wildman–Crippen LogP) is 4.28. The third kappa shape index (κ3) is 2.77. The molecule has 2 bridgehead atoms. The molecule has 1 aromatic carbocycles. The minimum absolute atomic E-state index is 0.109. The zero-order chi connectivity index (χ0) is 20.2. The van der Waals surface area contributed by atoms with Gasteiger partial charge in [-0.2, -0.15) is 5.10 Å². The molecule has 5 nitrogen and oxygen atoms in total. The van der Waals surface area contributed by atoms with Gasteiger partial charge in [-0.1, -0.05) is 32.9 Å². The van der Waals surface area contributed by atoms with E-state index in [9.17, 15) is 4.79 Å². The van der Waals surface area contributed by atoms with Gasteiger partial charge in [0.25, 0.3) is 0 Å². The molecule has 5 atom stereocenters. The standard InChI is InChI=1S/C24H31N3O2/c1-4-20(28)26-22-23(2,3)17-14-19-21(29-13-10-24(19,22)15-17)16-6-8-18(9-7-16)27-12-5-11-25-27/h5-9,11-12,17,19,21-22H,4,10,13-15H2,1-3H3,(H,26,28)/t17-,19-,21-,22-,24-/m1/s1. The third-order valence-corrected chi connectivity index (χ3v) is 8.12. The first-order valence-corrected chi connectivity index (χ1v) is 11.0. The highest BCUT2D eigenvalue weighted by Gasteiger charge is 2.68. The normalized spacial score (nSPS) is 34.7. The maximum Gasteiger partial charge on any atom is 0.219 e. The van der Waals surface area contributed by atoms with E-state index in [0.29, 0.717) is 18.3 Å². The molecule has 2 saturated carbocycles. The largest absolute Gasteiger partial charge is 0.373 e. The smallest absolute Gasteiger partial charge is 0.219 e. The molecule has 2 aromatic rings. The number of ether oxygens (including phenoxy) is 1. The Morgan fingerprint density at radius 1 is 1.31 bits per heavy atom. The molecule has 1 spiro atoms.